The maximum absolute atomic E-state index is 13.1. The van der Waals surface area contributed by atoms with Crippen molar-refractivity contribution in [2.45, 2.75) is 19.9 Å². The smallest absolute Gasteiger partial charge is 0.255 e. The molecule has 1 unspecified atom stereocenters. The van der Waals surface area contributed by atoms with E-state index in [9.17, 15) is 4.79 Å². The van der Waals surface area contributed by atoms with E-state index >= 15 is 0 Å². The Hall–Kier alpha value is -2.57. The van der Waals surface area contributed by atoms with Crippen molar-refractivity contribution in [1.82, 2.24) is 10.6 Å². The minimum atomic E-state index is -0.395. The average molecular weight is 402 g/mol. The van der Waals surface area contributed by atoms with Gasteiger partial charge >= 0.3 is 0 Å². The van der Waals surface area contributed by atoms with Gasteiger partial charge in [-0.2, -0.15) is 0 Å². The first kappa shape index (κ1) is 19.2. The number of amides is 1. The average Bonchev–Trinajstić information content (AvgIpc) is 2.64. The van der Waals surface area contributed by atoms with Crippen LogP contribution in [0.25, 0.3) is 0 Å². The van der Waals surface area contributed by atoms with Crippen molar-refractivity contribution in [3.05, 3.63) is 69.9 Å². The summed E-state index contributed by atoms with van der Waals surface area (Å²) in [6.45, 7) is 3.75. The molecule has 2 aromatic carbocycles. The third-order valence-corrected chi connectivity index (χ3v) is 4.84. The van der Waals surface area contributed by atoms with Gasteiger partial charge in [0.2, 0.25) is 0 Å². The molecule has 1 atom stereocenters. The number of aryl methyl sites for hydroxylation is 1. The first-order chi connectivity index (χ1) is 12.9. The van der Waals surface area contributed by atoms with E-state index in [2.05, 4.69) is 16.0 Å². The summed E-state index contributed by atoms with van der Waals surface area (Å²) in [5, 5.41) is 10.2. The third kappa shape index (κ3) is 4.23. The fourth-order valence-electron chi connectivity index (χ4n) is 2.98. The van der Waals surface area contributed by atoms with Gasteiger partial charge in [0.15, 0.2) is 5.11 Å². The summed E-state index contributed by atoms with van der Waals surface area (Å²) in [4.78, 5) is 13.1. The van der Waals surface area contributed by atoms with Gasteiger partial charge in [-0.15, -0.1) is 0 Å². The standard InChI is InChI=1S/C20H20ClN3O2S/c1-11-7-8-14(21)10-16(11)23-19(25)17-12(2)22-20(27)24-18(17)13-5-4-6-15(9-13)26-3/h4-10,18H,1-3H3,(H,23,25)(H2,22,24,27). The number of nitrogens with one attached hydrogen (secondary N) is 3. The first-order valence-electron chi connectivity index (χ1n) is 8.39. The largest absolute Gasteiger partial charge is 0.497 e. The summed E-state index contributed by atoms with van der Waals surface area (Å²) >= 11 is 11.4. The van der Waals surface area contributed by atoms with Gasteiger partial charge in [0.1, 0.15) is 5.75 Å². The number of carbonyl (C=O) groups excluding carboxylic acids is 1. The minimum absolute atomic E-state index is 0.229. The molecule has 27 heavy (non-hydrogen) atoms. The second-order valence-corrected chi connectivity index (χ2v) is 7.10. The third-order valence-electron chi connectivity index (χ3n) is 4.39. The molecular formula is C20H20ClN3O2S. The molecule has 0 aliphatic carbocycles. The van der Waals surface area contributed by atoms with Crippen LogP contribution in [0.1, 0.15) is 24.1 Å². The van der Waals surface area contributed by atoms with E-state index in [0.717, 1.165) is 11.1 Å². The number of rotatable bonds is 4. The van der Waals surface area contributed by atoms with Gasteiger partial charge in [0, 0.05) is 16.4 Å². The molecule has 2 aromatic rings. The first-order valence-corrected chi connectivity index (χ1v) is 9.17. The van der Waals surface area contributed by atoms with Crippen molar-refractivity contribution in [2.24, 2.45) is 0 Å². The summed E-state index contributed by atoms with van der Waals surface area (Å²) in [6, 6.07) is 12.5. The molecule has 1 amide bonds. The zero-order chi connectivity index (χ0) is 19.6. The molecule has 5 nitrogen and oxygen atoms in total. The SMILES string of the molecule is COc1cccc(C2NC(=S)NC(C)=C2C(=O)Nc2cc(Cl)ccc2C)c1. The van der Waals surface area contributed by atoms with E-state index in [-0.39, 0.29) is 5.91 Å². The van der Waals surface area contributed by atoms with Gasteiger partial charge in [-0.05, 0) is 61.5 Å². The minimum Gasteiger partial charge on any atom is -0.497 e. The molecule has 140 valence electrons. The zero-order valence-corrected chi connectivity index (χ0v) is 16.8. The van der Waals surface area contributed by atoms with Crippen molar-refractivity contribution >= 4 is 40.5 Å². The van der Waals surface area contributed by atoms with Crippen molar-refractivity contribution in [1.29, 1.82) is 0 Å². The van der Waals surface area contributed by atoms with Gasteiger partial charge < -0.3 is 20.7 Å². The lowest BCUT2D eigenvalue weighted by atomic mass is 9.94. The van der Waals surface area contributed by atoms with E-state index in [0.29, 0.717) is 32.8 Å². The van der Waals surface area contributed by atoms with Crippen LogP contribution in [0.15, 0.2) is 53.7 Å². The molecule has 0 aromatic heterocycles. The summed E-state index contributed by atoms with van der Waals surface area (Å²) < 4.78 is 5.31. The summed E-state index contributed by atoms with van der Waals surface area (Å²) in [7, 11) is 1.61. The Morgan fingerprint density at radius 2 is 2.00 bits per heavy atom. The number of hydrogen-bond acceptors (Lipinski definition) is 3. The number of halogens is 1. The van der Waals surface area contributed by atoms with Crippen LogP contribution in [0, 0.1) is 6.92 Å². The van der Waals surface area contributed by atoms with E-state index in [1.54, 1.807) is 19.2 Å². The Bertz CT molecular complexity index is 943. The van der Waals surface area contributed by atoms with E-state index in [4.69, 9.17) is 28.6 Å². The van der Waals surface area contributed by atoms with Crippen LogP contribution in [0.4, 0.5) is 5.69 Å². The van der Waals surface area contributed by atoms with E-state index in [1.165, 1.54) is 0 Å². The number of thiocarbonyl (C=S) groups is 1. The van der Waals surface area contributed by atoms with Crippen molar-refractivity contribution in [3.8, 4) is 5.75 Å². The zero-order valence-electron chi connectivity index (χ0n) is 15.2. The maximum atomic E-state index is 13.1. The van der Waals surface area contributed by atoms with Crippen molar-refractivity contribution in [2.75, 3.05) is 12.4 Å². The Morgan fingerprint density at radius 3 is 2.74 bits per heavy atom. The molecule has 7 heteroatoms. The normalized spacial score (nSPS) is 16.4. The molecular weight excluding hydrogens is 382 g/mol. The fourth-order valence-corrected chi connectivity index (χ4v) is 3.43. The lowest BCUT2D eigenvalue weighted by Crippen LogP contribution is -2.45. The topological polar surface area (TPSA) is 62.4 Å². The lowest BCUT2D eigenvalue weighted by Gasteiger charge is -2.30. The van der Waals surface area contributed by atoms with Crippen LogP contribution in [0.2, 0.25) is 5.02 Å². The molecule has 0 bridgehead atoms. The van der Waals surface area contributed by atoms with Gasteiger partial charge in [-0.25, -0.2) is 0 Å². The predicted octanol–water partition coefficient (Wildman–Crippen LogP) is 4.09. The van der Waals surface area contributed by atoms with Gasteiger partial charge in [-0.3, -0.25) is 4.79 Å². The Kier molecular flexibility index (Phi) is 5.68. The van der Waals surface area contributed by atoms with E-state index < -0.39 is 6.04 Å². The molecule has 1 aliphatic heterocycles. The number of methoxy groups -OCH3 is 1. The van der Waals surface area contributed by atoms with Crippen LogP contribution in [0.5, 0.6) is 5.75 Å². The molecule has 3 rings (SSSR count). The van der Waals surface area contributed by atoms with Gasteiger partial charge in [0.25, 0.3) is 5.91 Å². The number of anilines is 1. The van der Waals surface area contributed by atoms with Crippen molar-refractivity contribution in [3.63, 3.8) is 0 Å². The van der Waals surface area contributed by atoms with Crippen LogP contribution in [-0.4, -0.2) is 18.1 Å². The van der Waals surface area contributed by atoms with Crippen molar-refractivity contribution < 1.29 is 9.53 Å². The van der Waals surface area contributed by atoms with Crippen LogP contribution >= 0.6 is 23.8 Å². The van der Waals surface area contributed by atoms with E-state index in [1.807, 2.05) is 44.2 Å². The number of ether oxygens (including phenoxy) is 1. The molecule has 0 saturated heterocycles. The second kappa shape index (κ2) is 7.98. The highest BCUT2D eigenvalue weighted by molar-refractivity contribution is 7.80. The monoisotopic (exact) mass is 401 g/mol. The summed E-state index contributed by atoms with van der Waals surface area (Å²) in [6.07, 6.45) is 0. The molecule has 1 aliphatic rings. The predicted molar refractivity (Wildman–Crippen MR) is 112 cm³/mol. The van der Waals surface area contributed by atoms with Gasteiger partial charge in [-0.1, -0.05) is 29.8 Å². The number of hydrogen-bond donors (Lipinski definition) is 3. The molecule has 0 spiro atoms. The van der Waals surface area contributed by atoms with Crippen LogP contribution < -0.4 is 20.7 Å². The molecule has 0 fully saturated rings. The molecule has 1 heterocycles. The molecule has 3 N–H and O–H groups in total. The lowest BCUT2D eigenvalue weighted by molar-refractivity contribution is -0.113. The highest BCUT2D eigenvalue weighted by atomic mass is 35.5. The number of carbonyl (C=O) groups is 1. The summed E-state index contributed by atoms with van der Waals surface area (Å²) in [5.74, 6) is 0.482. The maximum Gasteiger partial charge on any atom is 0.255 e. The Labute approximate surface area is 168 Å². The summed E-state index contributed by atoms with van der Waals surface area (Å²) in [5.41, 5.74) is 3.73. The number of allylic oxidation sites excluding steroid dienone is 1. The Balaban J connectivity index is 1.98. The second-order valence-electron chi connectivity index (χ2n) is 6.26. The fraction of sp³-hybridized carbons (Fsp3) is 0.200. The molecule has 0 radical (unpaired) electrons. The quantitative estimate of drug-likeness (QED) is 0.673. The highest BCUT2D eigenvalue weighted by Crippen LogP contribution is 2.30. The van der Waals surface area contributed by atoms with Crippen LogP contribution in [0.3, 0.4) is 0 Å². The molecule has 0 saturated carbocycles. The highest BCUT2D eigenvalue weighted by Gasteiger charge is 2.30. The van der Waals surface area contributed by atoms with Gasteiger partial charge in [0.05, 0.1) is 18.7 Å². The Morgan fingerprint density at radius 1 is 1.22 bits per heavy atom. The number of benzene rings is 2. The van der Waals surface area contributed by atoms with Crippen LogP contribution in [-0.2, 0) is 4.79 Å².